The van der Waals surface area contributed by atoms with Gasteiger partial charge >= 0.3 is 12.1 Å². The number of fused-ring (bicyclic) bond motifs is 3. The summed E-state index contributed by atoms with van der Waals surface area (Å²) in [5.74, 6) is -1.14. The summed E-state index contributed by atoms with van der Waals surface area (Å²) in [7, 11) is 1.26. The molecule has 2 atom stereocenters. The molecule has 0 aliphatic heterocycles. The quantitative estimate of drug-likeness (QED) is 0.805. The van der Waals surface area contributed by atoms with Gasteiger partial charge < -0.3 is 14.6 Å². The molecular formula is C23H27NO5. The number of carboxylic acid groups (broad SMARTS) is 1. The van der Waals surface area contributed by atoms with Crippen LogP contribution in [0.3, 0.4) is 0 Å². The van der Waals surface area contributed by atoms with Crippen molar-refractivity contribution in [3.05, 3.63) is 59.7 Å². The van der Waals surface area contributed by atoms with Crippen molar-refractivity contribution < 1.29 is 24.2 Å². The van der Waals surface area contributed by atoms with Crippen molar-refractivity contribution in [2.24, 2.45) is 0 Å². The number of aliphatic carboxylic acids is 1. The van der Waals surface area contributed by atoms with Gasteiger partial charge in [0.15, 0.2) is 6.04 Å². The Kier molecular flexibility index (Phi) is 5.66. The maximum absolute atomic E-state index is 12.9. The molecule has 2 aromatic carbocycles. The van der Waals surface area contributed by atoms with E-state index in [0.29, 0.717) is 0 Å². The van der Waals surface area contributed by atoms with Crippen LogP contribution in [0.2, 0.25) is 0 Å². The van der Waals surface area contributed by atoms with E-state index in [9.17, 15) is 14.7 Å². The molecule has 0 heterocycles. The van der Waals surface area contributed by atoms with E-state index in [0.717, 1.165) is 22.3 Å². The van der Waals surface area contributed by atoms with Gasteiger partial charge in [0.25, 0.3) is 0 Å². The predicted molar refractivity (Wildman–Crippen MR) is 110 cm³/mol. The molecule has 0 unspecified atom stereocenters. The van der Waals surface area contributed by atoms with Gasteiger partial charge in [0, 0.05) is 0 Å². The number of amides is 1. The van der Waals surface area contributed by atoms with E-state index in [1.54, 1.807) is 6.92 Å². The molecule has 0 bridgehead atoms. The minimum atomic E-state index is -1.23. The molecule has 6 heteroatoms. The van der Waals surface area contributed by atoms with Crippen molar-refractivity contribution in [2.75, 3.05) is 7.11 Å². The van der Waals surface area contributed by atoms with Crippen LogP contribution in [-0.2, 0) is 14.3 Å². The zero-order valence-electron chi connectivity index (χ0n) is 17.4. The smallest absolute Gasteiger partial charge is 0.411 e. The number of rotatable bonds is 5. The lowest BCUT2D eigenvalue weighted by molar-refractivity contribution is -0.155. The Morgan fingerprint density at radius 1 is 1.00 bits per heavy atom. The number of nitrogens with zero attached hydrogens (tertiary/aromatic N) is 1. The van der Waals surface area contributed by atoms with E-state index >= 15 is 0 Å². The second kappa shape index (κ2) is 7.87. The summed E-state index contributed by atoms with van der Waals surface area (Å²) in [4.78, 5) is 26.6. The lowest BCUT2D eigenvalue weighted by Crippen LogP contribution is -2.54. The Morgan fingerprint density at radius 2 is 1.48 bits per heavy atom. The third-order valence-corrected chi connectivity index (χ3v) is 5.00. The minimum absolute atomic E-state index is 0.569. The second-order valence-corrected chi connectivity index (χ2v) is 8.17. The third-order valence-electron chi connectivity index (χ3n) is 5.00. The lowest BCUT2D eigenvalue weighted by Gasteiger charge is -2.38. The molecule has 0 fully saturated rings. The zero-order chi connectivity index (χ0) is 21.3. The number of methoxy groups -OCH3 is 1. The summed E-state index contributed by atoms with van der Waals surface area (Å²) in [5.41, 5.74) is 3.13. The van der Waals surface area contributed by atoms with Crippen molar-refractivity contribution in [1.29, 1.82) is 0 Å². The standard InChI is InChI=1S/C23H27NO5/c1-14(29-23(2,3)4)19(21(25)26)24(22(27)28-5)20-17-12-8-6-10-15(17)16-11-7-9-13-18(16)20/h6-14,19-20H,1-5H3,(H,25,26)/t14-,19+/m1/s1. The zero-order valence-corrected chi connectivity index (χ0v) is 17.4. The SMILES string of the molecule is COC(=O)N(C1c2ccccc2-c2ccccc21)[C@H](C(=O)O)[C@@H](C)OC(C)(C)C. The largest absolute Gasteiger partial charge is 0.480 e. The fourth-order valence-electron chi connectivity index (χ4n) is 4.08. The van der Waals surface area contributed by atoms with Gasteiger partial charge in [-0.1, -0.05) is 48.5 Å². The Balaban J connectivity index is 2.16. The number of carboxylic acids is 1. The number of carbonyl (C=O) groups is 2. The number of benzene rings is 2. The van der Waals surface area contributed by atoms with Gasteiger partial charge in [0.05, 0.1) is 24.9 Å². The van der Waals surface area contributed by atoms with Crippen molar-refractivity contribution >= 4 is 12.1 Å². The third kappa shape index (κ3) is 3.98. The summed E-state index contributed by atoms with van der Waals surface area (Å²) in [6.07, 6.45) is -1.47. The predicted octanol–water partition coefficient (Wildman–Crippen LogP) is 4.48. The van der Waals surface area contributed by atoms with Crippen LogP contribution in [0.5, 0.6) is 0 Å². The van der Waals surface area contributed by atoms with Gasteiger partial charge in [-0.15, -0.1) is 0 Å². The molecule has 1 aliphatic carbocycles. The molecule has 1 amide bonds. The van der Waals surface area contributed by atoms with E-state index in [-0.39, 0.29) is 0 Å². The van der Waals surface area contributed by atoms with Crippen molar-refractivity contribution in [3.8, 4) is 11.1 Å². The first kappa shape index (κ1) is 20.9. The maximum Gasteiger partial charge on any atom is 0.411 e. The van der Waals surface area contributed by atoms with Crippen LogP contribution in [-0.4, -0.2) is 46.9 Å². The molecule has 6 nitrogen and oxygen atoms in total. The van der Waals surface area contributed by atoms with E-state index in [2.05, 4.69) is 0 Å². The average molecular weight is 397 g/mol. The Hall–Kier alpha value is -2.86. The first-order valence-corrected chi connectivity index (χ1v) is 9.61. The Bertz CT molecular complexity index is 872. The van der Waals surface area contributed by atoms with Gasteiger partial charge in [0.1, 0.15) is 0 Å². The fraction of sp³-hybridized carbons (Fsp3) is 0.391. The lowest BCUT2D eigenvalue weighted by atomic mass is 9.99. The first-order valence-electron chi connectivity index (χ1n) is 9.61. The molecule has 0 saturated carbocycles. The molecule has 1 N–H and O–H groups in total. The maximum atomic E-state index is 12.9. The molecule has 2 aromatic rings. The van der Waals surface area contributed by atoms with E-state index in [1.807, 2.05) is 69.3 Å². The van der Waals surface area contributed by atoms with Gasteiger partial charge in [-0.2, -0.15) is 0 Å². The normalized spacial score (nSPS) is 15.2. The van der Waals surface area contributed by atoms with Crippen LogP contribution in [0.25, 0.3) is 11.1 Å². The molecular weight excluding hydrogens is 370 g/mol. The first-order chi connectivity index (χ1) is 13.7. The molecule has 29 heavy (non-hydrogen) atoms. The minimum Gasteiger partial charge on any atom is -0.480 e. The van der Waals surface area contributed by atoms with E-state index < -0.39 is 35.9 Å². The van der Waals surface area contributed by atoms with E-state index in [4.69, 9.17) is 9.47 Å². The summed E-state index contributed by atoms with van der Waals surface area (Å²) >= 11 is 0. The van der Waals surface area contributed by atoms with Crippen LogP contribution in [0.4, 0.5) is 4.79 Å². The van der Waals surface area contributed by atoms with Crippen molar-refractivity contribution in [3.63, 3.8) is 0 Å². The number of carbonyl (C=O) groups excluding carboxylic acids is 1. The highest BCUT2D eigenvalue weighted by atomic mass is 16.5. The number of ether oxygens (including phenoxy) is 2. The summed E-state index contributed by atoms with van der Waals surface area (Å²) in [5, 5.41) is 10.1. The molecule has 0 radical (unpaired) electrons. The molecule has 1 aliphatic rings. The van der Waals surface area contributed by atoms with Crippen LogP contribution in [0.15, 0.2) is 48.5 Å². The highest BCUT2D eigenvalue weighted by molar-refractivity contribution is 5.85. The van der Waals surface area contributed by atoms with Crippen LogP contribution in [0, 0.1) is 0 Å². The van der Waals surface area contributed by atoms with Gasteiger partial charge in [-0.05, 0) is 49.9 Å². The van der Waals surface area contributed by atoms with Crippen LogP contribution < -0.4 is 0 Å². The van der Waals surface area contributed by atoms with Crippen LogP contribution in [0.1, 0.15) is 44.9 Å². The van der Waals surface area contributed by atoms with E-state index in [1.165, 1.54) is 12.0 Å². The molecule has 0 saturated heterocycles. The molecule has 3 rings (SSSR count). The summed E-state index contributed by atoms with van der Waals surface area (Å²) in [6.45, 7) is 7.23. The fourth-order valence-corrected chi connectivity index (χ4v) is 4.08. The molecule has 0 aromatic heterocycles. The summed E-state index contributed by atoms with van der Waals surface area (Å²) < 4.78 is 11.0. The number of hydrogen-bond donors (Lipinski definition) is 1. The average Bonchev–Trinajstić information content (AvgIpc) is 2.98. The molecule has 154 valence electrons. The van der Waals surface area contributed by atoms with Crippen molar-refractivity contribution in [2.45, 2.75) is 51.5 Å². The second-order valence-electron chi connectivity index (χ2n) is 8.17. The Morgan fingerprint density at radius 3 is 1.90 bits per heavy atom. The summed E-state index contributed by atoms with van der Waals surface area (Å²) in [6, 6.07) is 13.6. The monoisotopic (exact) mass is 397 g/mol. The van der Waals surface area contributed by atoms with Gasteiger partial charge in [-0.25, -0.2) is 9.59 Å². The van der Waals surface area contributed by atoms with Crippen LogP contribution >= 0.6 is 0 Å². The highest BCUT2D eigenvalue weighted by Crippen LogP contribution is 2.47. The Labute approximate surface area is 171 Å². The van der Waals surface area contributed by atoms with Gasteiger partial charge in [-0.3, -0.25) is 4.90 Å². The highest BCUT2D eigenvalue weighted by Gasteiger charge is 2.45. The number of hydrogen-bond acceptors (Lipinski definition) is 4. The topological polar surface area (TPSA) is 76.1 Å². The van der Waals surface area contributed by atoms with Gasteiger partial charge in [0.2, 0.25) is 0 Å². The van der Waals surface area contributed by atoms with Crippen molar-refractivity contribution in [1.82, 2.24) is 4.90 Å². The molecule has 0 spiro atoms.